The molecule has 0 aliphatic carbocycles. The minimum atomic E-state index is -0.302. The molecule has 1 aromatic heterocycles. The number of hydrogen-bond donors (Lipinski definition) is 1. The number of carbonyl (C=O) groups excluding carboxylic acids is 1. The molecule has 160 valence electrons. The molecule has 1 N–H and O–H groups in total. The number of benzene rings is 2. The lowest BCUT2D eigenvalue weighted by atomic mass is 10.0. The van der Waals surface area contributed by atoms with Crippen molar-refractivity contribution in [2.75, 3.05) is 13.1 Å². The molecular formula is C24H33N5O. The van der Waals surface area contributed by atoms with Crippen LogP contribution in [0.25, 0.3) is 11.0 Å². The lowest BCUT2D eigenvalue weighted by molar-refractivity contribution is -0.133. The largest absolute Gasteiger partial charge is 0.341 e. The summed E-state index contributed by atoms with van der Waals surface area (Å²) in [5, 5.41) is 11.9. The Morgan fingerprint density at radius 1 is 1.00 bits per heavy atom. The zero-order chi connectivity index (χ0) is 21.2. The van der Waals surface area contributed by atoms with Crippen LogP contribution in [0.2, 0.25) is 0 Å². The van der Waals surface area contributed by atoms with Crippen molar-refractivity contribution in [3.63, 3.8) is 0 Å². The first-order chi connectivity index (χ1) is 14.7. The second-order valence-corrected chi connectivity index (χ2v) is 7.71. The second kappa shape index (κ2) is 11.5. The Morgan fingerprint density at radius 2 is 1.67 bits per heavy atom. The van der Waals surface area contributed by atoms with Crippen LogP contribution in [0.5, 0.6) is 0 Å². The van der Waals surface area contributed by atoms with Crippen LogP contribution in [-0.2, 0) is 17.9 Å². The maximum absolute atomic E-state index is 13.5. The van der Waals surface area contributed by atoms with Gasteiger partial charge in [0.1, 0.15) is 5.52 Å². The van der Waals surface area contributed by atoms with E-state index < -0.39 is 0 Å². The average molecular weight is 408 g/mol. The molecule has 0 radical (unpaired) electrons. The van der Waals surface area contributed by atoms with Crippen LogP contribution in [0.3, 0.4) is 0 Å². The molecule has 1 amide bonds. The number of nitrogens with one attached hydrogen (secondary N) is 1. The summed E-state index contributed by atoms with van der Waals surface area (Å²) in [5.74, 6) is 0.171. The summed E-state index contributed by atoms with van der Waals surface area (Å²) in [4.78, 5) is 15.5. The van der Waals surface area contributed by atoms with Gasteiger partial charge < -0.3 is 4.90 Å². The number of fused-ring (bicyclic) bond motifs is 1. The molecule has 0 fully saturated rings. The van der Waals surface area contributed by atoms with E-state index >= 15 is 0 Å². The standard InChI is InChI=1S/C24H33N5O/c1-3-5-16-28(17-6-4-2)24(30)22(18-20-12-8-7-9-13-20)25-19-29-23-15-11-10-14-21(23)26-27-29/h7-15,22,25H,3-6,16-19H2,1-2H3. The minimum absolute atomic E-state index is 0.171. The Morgan fingerprint density at radius 3 is 2.37 bits per heavy atom. The Bertz CT molecular complexity index is 900. The topological polar surface area (TPSA) is 63.1 Å². The van der Waals surface area contributed by atoms with Gasteiger partial charge in [0.15, 0.2) is 0 Å². The van der Waals surface area contributed by atoms with Gasteiger partial charge in [0, 0.05) is 13.1 Å². The van der Waals surface area contributed by atoms with Crippen molar-refractivity contribution in [3.8, 4) is 0 Å². The Balaban J connectivity index is 1.76. The second-order valence-electron chi connectivity index (χ2n) is 7.71. The van der Waals surface area contributed by atoms with Crippen molar-refractivity contribution in [1.82, 2.24) is 25.2 Å². The highest BCUT2D eigenvalue weighted by molar-refractivity contribution is 5.82. The van der Waals surface area contributed by atoms with Crippen LogP contribution in [0.15, 0.2) is 54.6 Å². The normalized spacial score (nSPS) is 12.2. The lowest BCUT2D eigenvalue weighted by Gasteiger charge is -2.28. The van der Waals surface area contributed by atoms with Crippen molar-refractivity contribution < 1.29 is 4.79 Å². The van der Waals surface area contributed by atoms with Crippen molar-refractivity contribution in [2.45, 2.75) is 58.7 Å². The van der Waals surface area contributed by atoms with Gasteiger partial charge in [0.25, 0.3) is 0 Å². The molecule has 0 aliphatic heterocycles. The van der Waals surface area contributed by atoms with Gasteiger partial charge >= 0.3 is 0 Å². The maximum atomic E-state index is 13.5. The highest BCUT2D eigenvalue weighted by atomic mass is 16.2. The van der Waals surface area contributed by atoms with Crippen LogP contribution >= 0.6 is 0 Å². The van der Waals surface area contributed by atoms with Crippen LogP contribution in [0.4, 0.5) is 0 Å². The number of rotatable bonds is 12. The fourth-order valence-corrected chi connectivity index (χ4v) is 3.58. The molecule has 0 spiro atoms. The summed E-state index contributed by atoms with van der Waals surface area (Å²) in [6.45, 7) is 6.40. The number of amides is 1. The fraction of sp³-hybridized carbons (Fsp3) is 0.458. The number of nitrogens with zero attached hydrogens (tertiary/aromatic N) is 4. The molecule has 30 heavy (non-hydrogen) atoms. The van der Waals surface area contributed by atoms with E-state index in [0.29, 0.717) is 13.1 Å². The van der Waals surface area contributed by atoms with Gasteiger partial charge in [0.2, 0.25) is 5.91 Å². The van der Waals surface area contributed by atoms with Gasteiger partial charge in [-0.05, 0) is 37.0 Å². The number of hydrogen-bond acceptors (Lipinski definition) is 4. The molecule has 6 heteroatoms. The van der Waals surface area contributed by atoms with E-state index in [1.807, 2.05) is 52.0 Å². The van der Waals surface area contributed by atoms with E-state index in [2.05, 4.69) is 41.6 Å². The third-order valence-corrected chi connectivity index (χ3v) is 5.36. The number of unbranched alkanes of at least 4 members (excludes halogenated alkanes) is 2. The quantitative estimate of drug-likeness (QED) is 0.493. The smallest absolute Gasteiger partial charge is 0.240 e. The molecule has 3 aromatic rings. The highest BCUT2D eigenvalue weighted by Crippen LogP contribution is 2.11. The highest BCUT2D eigenvalue weighted by Gasteiger charge is 2.24. The molecule has 2 aromatic carbocycles. The molecular weight excluding hydrogens is 374 g/mol. The number of para-hydroxylation sites is 1. The summed E-state index contributed by atoms with van der Waals surface area (Å²) in [5.41, 5.74) is 2.97. The van der Waals surface area contributed by atoms with Gasteiger partial charge in [-0.15, -0.1) is 5.10 Å². The third kappa shape index (κ3) is 5.89. The molecule has 1 heterocycles. The van der Waals surface area contributed by atoms with E-state index in [-0.39, 0.29) is 11.9 Å². The van der Waals surface area contributed by atoms with Crippen LogP contribution in [0, 0.1) is 0 Å². The van der Waals surface area contributed by atoms with Gasteiger partial charge in [-0.3, -0.25) is 10.1 Å². The lowest BCUT2D eigenvalue weighted by Crippen LogP contribution is -2.48. The van der Waals surface area contributed by atoms with Crippen molar-refractivity contribution in [3.05, 3.63) is 60.2 Å². The molecule has 6 nitrogen and oxygen atoms in total. The van der Waals surface area contributed by atoms with Crippen LogP contribution < -0.4 is 5.32 Å². The van der Waals surface area contributed by atoms with E-state index in [9.17, 15) is 4.79 Å². The molecule has 1 atom stereocenters. The average Bonchev–Trinajstić information content (AvgIpc) is 3.20. The monoisotopic (exact) mass is 407 g/mol. The SMILES string of the molecule is CCCCN(CCCC)C(=O)C(Cc1ccccc1)NCn1nnc2ccccc21. The Hall–Kier alpha value is -2.73. The molecule has 0 aliphatic rings. The first-order valence-corrected chi connectivity index (χ1v) is 11.1. The summed E-state index contributed by atoms with van der Waals surface area (Å²) in [6.07, 6.45) is 4.87. The summed E-state index contributed by atoms with van der Waals surface area (Å²) >= 11 is 0. The summed E-state index contributed by atoms with van der Waals surface area (Å²) < 4.78 is 1.82. The predicted octanol–water partition coefficient (Wildman–Crippen LogP) is 4.02. The number of carbonyl (C=O) groups is 1. The zero-order valence-electron chi connectivity index (χ0n) is 18.1. The molecule has 0 saturated heterocycles. The molecule has 1 unspecified atom stereocenters. The molecule has 0 saturated carbocycles. The van der Waals surface area contributed by atoms with E-state index in [1.165, 1.54) is 0 Å². The fourth-order valence-electron chi connectivity index (χ4n) is 3.58. The van der Waals surface area contributed by atoms with Crippen molar-refractivity contribution in [2.24, 2.45) is 0 Å². The van der Waals surface area contributed by atoms with E-state index in [4.69, 9.17) is 0 Å². The predicted molar refractivity (Wildman–Crippen MR) is 121 cm³/mol. The molecule has 3 rings (SSSR count). The van der Waals surface area contributed by atoms with Gasteiger partial charge in [0.05, 0.1) is 18.2 Å². The van der Waals surface area contributed by atoms with Gasteiger partial charge in [-0.2, -0.15) is 0 Å². The number of aromatic nitrogens is 3. The maximum Gasteiger partial charge on any atom is 0.240 e. The molecule has 0 bridgehead atoms. The first-order valence-electron chi connectivity index (χ1n) is 11.1. The van der Waals surface area contributed by atoms with Crippen LogP contribution in [0.1, 0.15) is 45.1 Å². The van der Waals surface area contributed by atoms with Crippen molar-refractivity contribution in [1.29, 1.82) is 0 Å². The van der Waals surface area contributed by atoms with E-state index in [0.717, 1.165) is 55.4 Å². The van der Waals surface area contributed by atoms with E-state index in [1.54, 1.807) is 0 Å². The Labute approximate surface area is 179 Å². The zero-order valence-corrected chi connectivity index (χ0v) is 18.1. The van der Waals surface area contributed by atoms with Gasteiger partial charge in [-0.1, -0.05) is 74.4 Å². The van der Waals surface area contributed by atoms with Gasteiger partial charge in [-0.25, -0.2) is 4.68 Å². The minimum Gasteiger partial charge on any atom is -0.341 e. The van der Waals surface area contributed by atoms with Crippen LogP contribution in [-0.4, -0.2) is 44.9 Å². The third-order valence-electron chi connectivity index (χ3n) is 5.36. The summed E-state index contributed by atoms with van der Waals surface area (Å²) in [6, 6.07) is 17.8. The first kappa shape index (κ1) is 22.0. The van der Waals surface area contributed by atoms with Crippen molar-refractivity contribution >= 4 is 16.9 Å². The summed E-state index contributed by atoms with van der Waals surface area (Å²) in [7, 11) is 0. The Kier molecular flexibility index (Phi) is 8.39.